The van der Waals surface area contributed by atoms with Crippen molar-refractivity contribution in [2.45, 2.75) is 13.0 Å². The molecule has 26 heavy (non-hydrogen) atoms. The van der Waals surface area contributed by atoms with Crippen molar-refractivity contribution in [1.29, 1.82) is 0 Å². The van der Waals surface area contributed by atoms with E-state index in [2.05, 4.69) is 10.1 Å². The molecule has 7 heteroatoms. The van der Waals surface area contributed by atoms with Gasteiger partial charge >= 0.3 is 0 Å². The molecule has 1 amide bonds. The zero-order valence-electron chi connectivity index (χ0n) is 14.5. The van der Waals surface area contributed by atoms with Gasteiger partial charge in [-0.15, -0.1) is 0 Å². The Bertz CT molecular complexity index is 866. The molecule has 1 heterocycles. The van der Waals surface area contributed by atoms with Crippen molar-refractivity contribution in [3.05, 3.63) is 72.6 Å². The van der Waals surface area contributed by atoms with E-state index in [4.69, 9.17) is 4.74 Å². The third-order valence-corrected chi connectivity index (χ3v) is 4.19. The van der Waals surface area contributed by atoms with Crippen LogP contribution in [-0.4, -0.2) is 39.2 Å². The first kappa shape index (κ1) is 17.6. The lowest BCUT2D eigenvalue weighted by Crippen LogP contribution is -2.33. The molecular formula is C19H19FN4O2. The van der Waals surface area contributed by atoms with Gasteiger partial charge in [0, 0.05) is 13.1 Å². The fourth-order valence-corrected chi connectivity index (χ4v) is 2.49. The zero-order chi connectivity index (χ0) is 18.5. The summed E-state index contributed by atoms with van der Waals surface area (Å²) in [4.78, 5) is 17.9. The molecule has 0 aliphatic carbocycles. The highest BCUT2D eigenvalue weighted by Gasteiger charge is 2.18. The van der Waals surface area contributed by atoms with Crippen molar-refractivity contribution in [2.75, 3.05) is 13.7 Å². The summed E-state index contributed by atoms with van der Waals surface area (Å²) in [7, 11) is 1.72. The van der Waals surface area contributed by atoms with Gasteiger partial charge in [0.2, 0.25) is 0 Å². The monoisotopic (exact) mass is 354 g/mol. The Balaban J connectivity index is 1.61. The van der Waals surface area contributed by atoms with E-state index in [1.54, 1.807) is 29.0 Å². The average molecular weight is 354 g/mol. The standard InChI is InChI=1S/C19H19FN4O2/c1-14(15-6-8-17(9-7-15)24-13-21-12-22-24)23(2)19(25)11-26-18-5-3-4-16(20)10-18/h3-10,12-14H,11H2,1-2H3. The molecule has 0 fully saturated rings. The number of hydrogen-bond donors (Lipinski definition) is 0. The molecule has 3 rings (SSSR count). The quantitative estimate of drug-likeness (QED) is 0.683. The third kappa shape index (κ3) is 4.05. The first-order valence-corrected chi connectivity index (χ1v) is 8.13. The van der Waals surface area contributed by atoms with E-state index in [1.807, 2.05) is 31.2 Å². The van der Waals surface area contributed by atoms with Crippen LogP contribution in [0.4, 0.5) is 4.39 Å². The summed E-state index contributed by atoms with van der Waals surface area (Å²) in [5.41, 5.74) is 1.87. The number of aromatic nitrogens is 3. The molecular weight excluding hydrogens is 335 g/mol. The van der Waals surface area contributed by atoms with Crippen LogP contribution >= 0.6 is 0 Å². The molecule has 0 spiro atoms. The van der Waals surface area contributed by atoms with Crippen LogP contribution in [0, 0.1) is 5.82 Å². The number of likely N-dealkylation sites (N-methyl/N-ethyl adjacent to an activating group) is 1. The molecule has 1 aromatic heterocycles. The van der Waals surface area contributed by atoms with E-state index in [0.29, 0.717) is 5.75 Å². The number of benzene rings is 2. The van der Waals surface area contributed by atoms with Gasteiger partial charge in [-0.1, -0.05) is 18.2 Å². The number of carbonyl (C=O) groups is 1. The first-order valence-electron chi connectivity index (χ1n) is 8.13. The molecule has 0 saturated carbocycles. The summed E-state index contributed by atoms with van der Waals surface area (Å²) >= 11 is 0. The van der Waals surface area contributed by atoms with Crippen molar-refractivity contribution in [3.8, 4) is 11.4 Å². The van der Waals surface area contributed by atoms with Gasteiger partial charge in [-0.3, -0.25) is 4.79 Å². The second kappa shape index (κ2) is 7.77. The summed E-state index contributed by atoms with van der Waals surface area (Å²) in [5.74, 6) is -0.261. The lowest BCUT2D eigenvalue weighted by atomic mass is 10.1. The largest absolute Gasteiger partial charge is 0.484 e. The molecule has 0 saturated heterocycles. The Hall–Kier alpha value is -3.22. The maximum atomic E-state index is 13.1. The van der Waals surface area contributed by atoms with E-state index < -0.39 is 5.82 Å². The molecule has 6 nitrogen and oxygen atoms in total. The van der Waals surface area contributed by atoms with Crippen LogP contribution in [0.15, 0.2) is 61.2 Å². The van der Waals surface area contributed by atoms with Gasteiger partial charge in [-0.05, 0) is 36.8 Å². The van der Waals surface area contributed by atoms with Crippen molar-refractivity contribution in [1.82, 2.24) is 19.7 Å². The normalized spacial score (nSPS) is 11.8. The Labute approximate surface area is 150 Å². The number of rotatable bonds is 6. The van der Waals surface area contributed by atoms with Crippen LogP contribution in [0.25, 0.3) is 5.69 Å². The molecule has 1 unspecified atom stereocenters. The van der Waals surface area contributed by atoms with Crippen molar-refractivity contribution < 1.29 is 13.9 Å². The minimum Gasteiger partial charge on any atom is -0.484 e. The summed E-state index contributed by atoms with van der Waals surface area (Å²) in [5, 5.41) is 4.08. The van der Waals surface area contributed by atoms with E-state index in [1.165, 1.54) is 24.5 Å². The maximum absolute atomic E-state index is 13.1. The van der Waals surface area contributed by atoms with Crippen LogP contribution in [0.5, 0.6) is 5.75 Å². The van der Waals surface area contributed by atoms with Crippen molar-refractivity contribution in [3.63, 3.8) is 0 Å². The summed E-state index contributed by atoms with van der Waals surface area (Å²) in [6, 6.07) is 13.3. The van der Waals surface area contributed by atoms with Gasteiger partial charge in [-0.25, -0.2) is 14.1 Å². The number of carbonyl (C=O) groups excluding carboxylic acids is 1. The number of amides is 1. The fourth-order valence-electron chi connectivity index (χ4n) is 2.49. The van der Waals surface area contributed by atoms with E-state index in [-0.39, 0.29) is 18.6 Å². The van der Waals surface area contributed by atoms with Crippen molar-refractivity contribution in [2.24, 2.45) is 0 Å². The lowest BCUT2D eigenvalue weighted by Gasteiger charge is -2.25. The molecule has 0 radical (unpaired) electrons. The first-order chi connectivity index (χ1) is 12.5. The Kier molecular flexibility index (Phi) is 5.26. The van der Waals surface area contributed by atoms with Crippen molar-refractivity contribution >= 4 is 5.91 Å². The van der Waals surface area contributed by atoms with Crippen LogP contribution in [0.3, 0.4) is 0 Å². The number of hydrogen-bond acceptors (Lipinski definition) is 4. The van der Waals surface area contributed by atoms with Crippen LogP contribution < -0.4 is 4.74 Å². The van der Waals surface area contributed by atoms with E-state index in [0.717, 1.165) is 11.3 Å². The topological polar surface area (TPSA) is 60.2 Å². The minimum absolute atomic E-state index is 0.136. The van der Waals surface area contributed by atoms with Crippen LogP contribution in [-0.2, 0) is 4.79 Å². The number of nitrogens with zero attached hydrogens (tertiary/aromatic N) is 4. The summed E-state index contributed by atoms with van der Waals surface area (Å²) in [6.07, 6.45) is 3.10. The molecule has 0 aliphatic heterocycles. The third-order valence-electron chi connectivity index (χ3n) is 4.19. The van der Waals surface area contributed by atoms with Gasteiger partial charge in [0.05, 0.1) is 11.7 Å². The molecule has 0 N–H and O–H groups in total. The smallest absolute Gasteiger partial charge is 0.260 e. The molecule has 0 aliphatic rings. The van der Waals surface area contributed by atoms with Gasteiger partial charge in [0.1, 0.15) is 24.2 Å². The average Bonchev–Trinajstić information content (AvgIpc) is 3.20. The van der Waals surface area contributed by atoms with Gasteiger partial charge in [-0.2, -0.15) is 5.10 Å². The second-order valence-electron chi connectivity index (χ2n) is 5.86. The second-order valence-corrected chi connectivity index (χ2v) is 5.86. The predicted octanol–water partition coefficient (Wildman–Crippen LogP) is 3.00. The predicted molar refractivity (Wildman–Crippen MR) is 94.4 cm³/mol. The Morgan fingerprint density at radius 3 is 2.69 bits per heavy atom. The van der Waals surface area contributed by atoms with Gasteiger partial charge in [0.15, 0.2) is 6.61 Å². The highest BCUT2D eigenvalue weighted by molar-refractivity contribution is 5.78. The number of halogens is 1. The molecule has 134 valence electrons. The summed E-state index contributed by atoms with van der Waals surface area (Å²) in [6.45, 7) is 1.78. The molecule has 0 bridgehead atoms. The SMILES string of the molecule is CC(c1ccc(-n2cncn2)cc1)N(C)C(=O)COc1cccc(F)c1. The van der Waals surface area contributed by atoms with Gasteiger partial charge < -0.3 is 9.64 Å². The van der Waals surface area contributed by atoms with Crippen LogP contribution in [0.2, 0.25) is 0 Å². The highest BCUT2D eigenvalue weighted by Crippen LogP contribution is 2.21. The zero-order valence-corrected chi connectivity index (χ0v) is 14.5. The summed E-state index contributed by atoms with van der Waals surface area (Å²) < 4.78 is 20.2. The van der Waals surface area contributed by atoms with E-state index >= 15 is 0 Å². The van der Waals surface area contributed by atoms with E-state index in [9.17, 15) is 9.18 Å². The minimum atomic E-state index is -0.399. The molecule has 2 aromatic carbocycles. The Morgan fingerprint density at radius 2 is 2.04 bits per heavy atom. The number of ether oxygens (including phenoxy) is 1. The molecule has 1 atom stereocenters. The highest BCUT2D eigenvalue weighted by atomic mass is 19.1. The maximum Gasteiger partial charge on any atom is 0.260 e. The lowest BCUT2D eigenvalue weighted by molar-refractivity contribution is -0.134. The molecule has 3 aromatic rings. The Morgan fingerprint density at radius 1 is 1.27 bits per heavy atom. The van der Waals surface area contributed by atoms with Crippen LogP contribution in [0.1, 0.15) is 18.5 Å². The fraction of sp³-hybridized carbons (Fsp3) is 0.211. The van der Waals surface area contributed by atoms with Gasteiger partial charge in [0.25, 0.3) is 5.91 Å².